The van der Waals surface area contributed by atoms with Crippen molar-refractivity contribution in [3.63, 3.8) is 0 Å². The first-order chi connectivity index (χ1) is 10.8. The molecule has 0 unspecified atom stereocenters. The van der Waals surface area contributed by atoms with E-state index in [0.717, 1.165) is 32.6 Å². The van der Waals surface area contributed by atoms with Crippen molar-refractivity contribution in [2.45, 2.75) is 64.5 Å². The Morgan fingerprint density at radius 2 is 1.77 bits per heavy atom. The molecule has 2 rings (SSSR count). The zero-order valence-corrected chi connectivity index (χ0v) is 14.2. The van der Waals surface area contributed by atoms with E-state index >= 15 is 0 Å². The first kappa shape index (κ1) is 19.1. The fraction of sp³-hybridized carbons (Fsp3) is 0.684. The number of β-amino-alcohol motifs (C(OH)–C–C–N with tert-alkyl or cyclic N) is 1. The second-order valence-electron chi connectivity index (χ2n) is 6.22. The summed E-state index contributed by atoms with van der Waals surface area (Å²) in [6.45, 7) is 5.93. The van der Waals surface area contributed by atoms with Crippen molar-refractivity contribution in [2.24, 2.45) is 5.73 Å². The summed E-state index contributed by atoms with van der Waals surface area (Å²) < 4.78 is 0. The van der Waals surface area contributed by atoms with Crippen LogP contribution in [0.1, 0.15) is 57.4 Å². The zero-order valence-electron chi connectivity index (χ0n) is 14.2. The maximum atomic E-state index is 9.34. The van der Waals surface area contributed by atoms with Crippen LogP contribution in [0.4, 0.5) is 0 Å². The third-order valence-corrected chi connectivity index (χ3v) is 4.05. The Morgan fingerprint density at radius 3 is 2.36 bits per heavy atom. The zero-order chi connectivity index (χ0) is 16.0. The highest BCUT2D eigenvalue weighted by molar-refractivity contribution is 5.14. The molecule has 126 valence electrons. The minimum absolute atomic E-state index is 0.108. The number of benzene rings is 1. The quantitative estimate of drug-likeness (QED) is 0.722. The molecule has 3 heteroatoms. The van der Waals surface area contributed by atoms with E-state index < -0.39 is 0 Å². The summed E-state index contributed by atoms with van der Waals surface area (Å²) in [5.41, 5.74) is 6.67. The summed E-state index contributed by atoms with van der Waals surface area (Å²) in [5.74, 6) is 0. The molecule has 0 saturated carbocycles. The summed E-state index contributed by atoms with van der Waals surface area (Å²) in [4.78, 5) is 2.29. The first-order valence-electron chi connectivity index (χ1n) is 8.90. The highest BCUT2D eigenvalue weighted by Gasteiger charge is 2.19. The number of nitrogens with two attached hydrogens (primary N) is 1. The molecule has 1 saturated heterocycles. The molecule has 0 amide bonds. The smallest absolute Gasteiger partial charge is 0.0679 e. The van der Waals surface area contributed by atoms with Crippen molar-refractivity contribution in [3.05, 3.63) is 35.9 Å². The second kappa shape index (κ2) is 12.6. The minimum Gasteiger partial charge on any atom is -0.392 e. The van der Waals surface area contributed by atoms with Gasteiger partial charge in [-0.3, -0.25) is 4.90 Å². The van der Waals surface area contributed by atoms with E-state index in [1.54, 1.807) is 0 Å². The molecule has 1 heterocycles. The second-order valence-corrected chi connectivity index (χ2v) is 6.22. The normalized spacial score (nSPS) is 18.0. The van der Waals surface area contributed by atoms with Gasteiger partial charge in [0.25, 0.3) is 0 Å². The van der Waals surface area contributed by atoms with Crippen LogP contribution in [0.3, 0.4) is 0 Å². The van der Waals surface area contributed by atoms with Crippen LogP contribution in [0.25, 0.3) is 0 Å². The summed E-state index contributed by atoms with van der Waals surface area (Å²) in [7, 11) is 0. The van der Waals surface area contributed by atoms with E-state index in [-0.39, 0.29) is 6.10 Å². The van der Waals surface area contributed by atoms with Crippen molar-refractivity contribution in [2.75, 3.05) is 19.6 Å². The molecular weight excluding hydrogens is 272 g/mol. The van der Waals surface area contributed by atoms with Gasteiger partial charge in [-0.15, -0.1) is 0 Å². The Hall–Kier alpha value is -0.900. The highest BCUT2D eigenvalue weighted by Crippen LogP contribution is 2.12. The Kier molecular flexibility index (Phi) is 11.0. The maximum absolute atomic E-state index is 9.34. The first-order valence-corrected chi connectivity index (χ1v) is 8.90. The van der Waals surface area contributed by atoms with Gasteiger partial charge in [-0.2, -0.15) is 0 Å². The van der Waals surface area contributed by atoms with Gasteiger partial charge in [0.2, 0.25) is 0 Å². The topological polar surface area (TPSA) is 49.5 Å². The van der Waals surface area contributed by atoms with E-state index in [1.165, 1.54) is 44.1 Å². The lowest BCUT2D eigenvalue weighted by Gasteiger charge is -2.14. The molecule has 1 aromatic carbocycles. The lowest BCUT2D eigenvalue weighted by atomic mass is 10.1. The van der Waals surface area contributed by atoms with Crippen molar-refractivity contribution >= 4 is 0 Å². The van der Waals surface area contributed by atoms with E-state index in [1.807, 2.05) is 6.07 Å². The number of unbranched alkanes of at least 4 members (excludes halogenated alkanes) is 5. The molecular formula is C19H34N2O. The van der Waals surface area contributed by atoms with Gasteiger partial charge in [0.15, 0.2) is 0 Å². The van der Waals surface area contributed by atoms with E-state index in [2.05, 4.69) is 36.1 Å². The van der Waals surface area contributed by atoms with Gasteiger partial charge < -0.3 is 10.8 Å². The van der Waals surface area contributed by atoms with E-state index in [4.69, 9.17) is 5.73 Å². The number of aliphatic hydroxyl groups is 1. The molecule has 1 aliphatic heterocycles. The van der Waals surface area contributed by atoms with Gasteiger partial charge in [0, 0.05) is 19.6 Å². The predicted molar refractivity (Wildman–Crippen MR) is 94.8 cm³/mol. The number of hydrogen-bond donors (Lipinski definition) is 2. The van der Waals surface area contributed by atoms with Gasteiger partial charge in [0.1, 0.15) is 0 Å². The molecule has 0 bridgehead atoms. The summed E-state index contributed by atoms with van der Waals surface area (Å²) >= 11 is 0. The van der Waals surface area contributed by atoms with Crippen LogP contribution in [0, 0.1) is 0 Å². The molecule has 3 N–H and O–H groups in total. The lowest BCUT2D eigenvalue weighted by Crippen LogP contribution is -2.21. The number of nitrogens with zero attached hydrogens (tertiary/aromatic N) is 1. The van der Waals surface area contributed by atoms with E-state index in [9.17, 15) is 5.11 Å². The Labute approximate surface area is 136 Å². The Balaban J connectivity index is 0.000000239. The van der Waals surface area contributed by atoms with Crippen molar-refractivity contribution in [1.82, 2.24) is 4.90 Å². The van der Waals surface area contributed by atoms with Gasteiger partial charge in [-0.1, -0.05) is 69.4 Å². The number of aliphatic hydroxyl groups excluding tert-OH is 1. The molecule has 0 radical (unpaired) electrons. The lowest BCUT2D eigenvalue weighted by molar-refractivity contribution is 0.175. The Bertz CT molecular complexity index is 350. The largest absolute Gasteiger partial charge is 0.392 e. The van der Waals surface area contributed by atoms with Gasteiger partial charge in [-0.25, -0.2) is 0 Å². The molecule has 0 aromatic heterocycles. The van der Waals surface area contributed by atoms with Crippen LogP contribution in [-0.4, -0.2) is 35.7 Å². The highest BCUT2D eigenvalue weighted by atomic mass is 16.3. The monoisotopic (exact) mass is 306 g/mol. The van der Waals surface area contributed by atoms with Crippen LogP contribution >= 0.6 is 0 Å². The molecule has 1 atom stereocenters. The summed E-state index contributed by atoms with van der Waals surface area (Å²) in [6.07, 6.45) is 8.87. The van der Waals surface area contributed by atoms with Crippen molar-refractivity contribution < 1.29 is 5.11 Å². The molecule has 1 aromatic rings. The predicted octanol–water partition coefficient (Wildman–Crippen LogP) is 3.56. The van der Waals surface area contributed by atoms with Gasteiger partial charge >= 0.3 is 0 Å². The van der Waals surface area contributed by atoms with Crippen LogP contribution in [-0.2, 0) is 6.54 Å². The SMILES string of the molecule is CCCCCCCCN.O[C@H]1CCN(Cc2ccccc2)C1. The van der Waals surface area contributed by atoms with Crippen LogP contribution in [0.5, 0.6) is 0 Å². The maximum Gasteiger partial charge on any atom is 0.0679 e. The fourth-order valence-corrected chi connectivity index (χ4v) is 2.72. The standard InChI is InChI=1S/C11H15NO.C8H19N/c13-11-6-7-12(9-11)8-10-4-2-1-3-5-10;1-2-3-4-5-6-7-8-9/h1-5,11,13H,6-9H2;2-9H2,1H3/t11-;/m0./s1. The van der Waals surface area contributed by atoms with E-state index in [0.29, 0.717) is 0 Å². The molecule has 0 spiro atoms. The summed E-state index contributed by atoms with van der Waals surface area (Å²) in [6, 6.07) is 10.4. The molecule has 1 aliphatic rings. The minimum atomic E-state index is -0.108. The average Bonchev–Trinajstić information content (AvgIpc) is 2.94. The van der Waals surface area contributed by atoms with Gasteiger partial charge in [0.05, 0.1) is 6.10 Å². The van der Waals surface area contributed by atoms with Gasteiger partial charge in [-0.05, 0) is 24.9 Å². The number of rotatable bonds is 8. The molecule has 22 heavy (non-hydrogen) atoms. The Morgan fingerprint density at radius 1 is 1.09 bits per heavy atom. The van der Waals surface area contributed by atoms with Crippen LogP contribution in [0.15, 0.2) is 30.3 Å². The molecule has 3 nitrogen and oxygen atoms in total. The third kappa shape index (κ3) is 9.19. The summed E-state index contributed by atoms with van der Waals surface area (Å²) in [5, 5.41) is 9.34. The fourth-order valence-electron chi connectivity index (χ4n) is 2.72. The molecule has 0 aliphatic carbocycles. The average molecular weight is 306 g/mol. The number of likely N-dealkylation sites (tertiary alicyclic amines) is 1. The van der Waals surface area contributed by atoms with Crippen LogP contribution in [0.2, 0.25) is 0 Å². The third-order valence-electron chi connectivity index (χ3n) is 4.05. The van der Waals surface area contributed by atoms with Crippen molar-refractivity contribution in [1.29, 1.82) is 0 Å². The number of hydrogen-bond acceptors (Lipinski definition) is 3. The van der Waals surface area contributed by atoms with Crippen LogP contribution < -0.4 is 5.73 Å². The molecule has 1 fully saturated rings. The van der Waals surface area contributed by atoms with Crippen molar-refractivity contribution in [3.8, 4) is 0 Å².